The molecule has 1 aromatic rings. The molecular weight excluding hydrogens is 308 g/mol. The van der Waals surface area contributed by atoms with Crippen molar-refractivity contribution in [3.05, 3.63) is 23.8 Å². The molecule has 0 spiro atoms. The van der Waals surface area contributed by atoms with E-state index in [-0.39, 0.29) is 19.3 Å². The molecule has 2 aliphatic rings. The highest BCUT2D eigenvalue weighted by Crippen LogP contribution is 2.37. The van der Waals surface area contributed by atoms with Crippen LogP contribution in [0.3, 0.4) is 0 Å². The summed E-state index contributed by atoms with van der Waals surface area (Å²) in [6.45, 7) is 0.692. The van der Waals surface area contributed by atoms with Gasteiger partial charge in [0.1, 0.15) is 0 Å². The fourth-order valence-corrected chi connectivity index (χ4v) is 4.01. The number of benzene rings is 1. The predicted molar refractivity (Wildman–Crippen MR) is 80.1 cm³/mol. The molecule has 1 aromatic carbocycles. The molecule has 7 nitrogen and oxygen atoms in total. The van der Waals surface area contributed by atoms with E-state index in [1.54, 1.807) is 0 Å². The Bertz CT molecular complexity index is 661. The highest BCUT2D eigenvalue weighted by molar-refractivity contribution is 7.86. The van der Waals surface area contributed by atoms with Gasteiger partial charge >= 0.3 is 0 Å². The largest absolute Gasteiger partial charge is 0.454 e. The van der Waals surface area contributed by atoms with Crippen molar-refractivity contribution in [2.24, 2.45) is 0 Å². The first-order valence-corrected chi connectivity index (χ1v) is 8.54. The van der Waals surface area contributed by atoms with Crippen LogP contribution >= 0.6 is 0 Å². The van der Waals surface area contributed by atoms with Crippen molar-refractivity contribution in [3.63, 3.8) is 0 Å². The molecule has 1 N–H and O–H groups in total. The molecule has 2 heterocycles. The van der Waals surface area contributed by atoms with Crippen molar-refractivity contribution in [2.45, 2.75) is 18.4 Å². The fraction of sp³-hybridized carbons (Fsp3) is 0.571. The van der Waals surface area contributed by atoms with Crippen LogP contribution in [0.15, 0.2) is 18.2 Å². The monoisotopic (exact) mass is 328 g/mol. The topological polar surface area (TPSA) is 79.3 Å². The SMILES string of the molecule is CN(C)S(=O)(=O)N1CC[C@@H](c2ccc3c(c2)OCO3)[C@H](O)C1. The average molecular weight is 328 g/mol. The van der Waals surface area contributed by atoms with Crippen molar-refractivity contribution >= 4 is 10.2 Å². The van der Waals surface area contributed by atoms with E-state index in [9.17, 15) is 13.5 Å². The van der Waals surface area contributed by atoms with E-state index in [4.69, 9.17) is 9.47 Å². The summed E-state index contributed by atoms with van der Waals surface area (Å²) in [5.74, 6) is 1.27. The van der Waals surface area contributed by atoms with Crippen LogP contribution in [0.25, 0.3) is 0 Å². The zero-order valence-corrected chi connectivity index (χ0v) is 13.4. The van der Waals surface area contributed by atoms with E-state index in [0.717, 1.165) is 5.56 Å². The van der Waals surface area contributed by atoms with Gasteiger partial charge in [-0.3, -0.25) is 0 Å². The Kier molecular flexibility index (Phi) is 4.02. The van der Waals surface area contributed by atoms with Crippen molar-refractivity contribution in [3.8, 4) is 11.5 Å². The predicted octanol–water partition coefficient (Wildman–Crippen LogP) is 0.372. The fourth-order valence-electron chi connectivity index (χ4n) is 2.88. The third-order valence-electron chi connectivity index (χ3n) is 4.16. The molecule has 3 rings (SSSR count). The lowest BCUT2D eigenvalue weighted by atomic mass is 9.88. The van der Waals surface area contributed by atoms with Crippen LogP contribution in [0, 0.1) is 0 Å². The Morgan fingerprint density at radius 1 is 1.27 bits per heavy atom. The summed E-state index contributed by atoms with van der Waals surface area (Å²) >= 11 is 0. The summed E-state index contributed by atoms with van der Waals surface area (Å²) in [4.78, 5) is 0. The maximum atomic E-state index is 12.1. The van der Waals surface area contributed by atoms with E-state index in [0.29, 0.717) is 24.5 Å². The Labute approximate surface area is 130 Å². The molecule has 8 heteroatoms. The van der Waals surface area contributed by atoms with Gasteiger partial charge in [0.15, 0.2) is 11.5 Å². The van der Waals surface area contributed by atoms with Gasteiger partial charge in [0, 0.05) is 33.1 Å². The number of hydrogen-bond donors (Lipinski definition) is 1. The highest BCUT2D eigenvalue weighted by Gasteiger charge is 2.36. The standard InChI is InChI=1S/C14H20N2O5S/c1-15(2)22(18,19)16-6-5-11(12(17)8-16)10-3-4-13-14(7-10)21-9-20-13/h3-4,7,11-12,17H,5-6,8-9H2,1-2H3/t11-,12+/m0/s1. The molecule has 2 aliphatic heterocycles. The van der Waals surface area contributed by atoms with Crippen LogP contribution in [-0.4, -0.2) is 62.2 Å². The quantitative estimate of drug-likeness (QED) is 0.867. The zero-order valence-electron chi connectivity index (χ0n) is 12.6. The molecule has 2 atom stereocenters. The van der Waals surface area contributed by atoms with Gasteiger partial charge in [-0.15, -0.1) is 0 Å². The third kappa shape index (κ3) is 2.67. The summed E-state index contributed by atoms with van der Waals surface area (Å²) in [6.07, 6.45) is -0.183. The minimum atomic E-state index is -3.49. The molecule has 0 radical (unpaired) electrons. The van der Waals surface area contributed by atoms with Crippen LogP contribution in [0.5, 0.6) is 11.5 Å². The zero-order chi connectivity index (χ0) is 15.9. The third-order valence-corrected chi connectivity index (χ3v) is 6.06. The molecular formula is C14H20N2O5S. The Balaban J connectivity index is 1.76. The molecule has 0 aliphatic carbocycles. The second-order valence-electron chi connectivity index (χ2n) is 5.72. The maximum Gasteiger partial charge on any atom is 0.281 e. The smallest absolute Gasteiger partial charge is 0.281 e. The number of ether oxygens (including phenoxy) is 2. The Morgan fingerprint density at radius 2 is 2.00 bits per heavy atom. The van der Waals surface area contributed by atoms with Crippen LogP contribution in [0.4, 0.5) is 0 Å². The summed E-state index contributed by atoms with van der Waals surface area (Å²) in [6, 6.07) is 5.59. The van der Waals surface area contributed by atoms with Crippen LogP contribution in [0.2, 0.25) is 0 Å². The van der Waals surface area contributed by atoms with E-state index < -0.39 is 16.3 Å². The van der Waals surface area contributed by atoms with Crippen molar-refractivity contribution in [1.82, 2.24) is 8.61 Å². The van der Waals surface area contributed by atoms with Gasteiger partial charge in [0.25, 0.3) is 10.2 Å². The van der Waals surface area contributed by atoms with Gasteiger partial charge < -0.3 is 14.6 Å². The molecule has 0 unspecified atom stereocenters. The number of aliphatic hydroxyl groups is 1. The first-order valence-electron chi connectivity index (χ1n) is 7.15. The summed E-state index contributed by atoms with van der Waals surface area (Å²) in [5.41, 5.74) is 0.943. The number of fused-ring (bicyclic) bond motifs is 1. The summed E-state index contributed by atoms with van der Waals surface area (Å²) < 4.78 is 37.4. The summed E-state index contributed by atoms with van der Waals surface area (Å²) in [7, 11) is -0.503. The first kappa shape index (κ1) is 15.5. The second kappa shape index (κ2) is 5.69. The molecule has 22 heavy (non-hydrogen) atoms. The second-order valence-corrected chi connectivity index (χ2v) is 7.87. The van der Waals surface area contributed by atoms with Crippen molar-refractivity contribution in [2.75, 3.05) is 34.0 Å². The lowest BCUT2D eigenvalue weighted by Crippen LogP contribution is -2.49. The van der Waals surface area contributed by atoms with Crippen molar-refractivity contribution < 1.29 is 23.0 Å². The number of aliphatic hydroxyl groups excluding tert-OH is 1. The van der Waals surface area contributed by atoms with Gasteiger partial charge in [-0.2, -0.15) is 17.0 Å². The van der Waals surface area contributed by atoms with Crippen LogP contribution in [-0.2, 0) is 10.2 Å². The lowest BCUT2D eigenvalue weighted by molar-refractivity contribution is 0.0834. The molecule has 1 saturated heterocycles. The minimum absolute atomic E-state index is 0.0968. The first-order chi connectivity index (χ1) is 10.4. The molecule has 1 fully saturated rings. The van der Waals surface area contributed by atoms with Gasteiger partial charge in [0.05, 0.1) is 6.10 Å². The number of rotatable bonds is 3. The molecule has 0 amide bonds. The van der Waals surface area contributed by atoms with Gasteiger partial charge in [-0.25, -0.2) is 0 Å². The number of nitrogens with zero attached hydrogens (tertiary/aromatic N) is 2. The van der Waals surface area contributed by atoms with E-state index >= 15 is 0 Å². The minimum Gasteiger partial charge on any atom is -0.454 e. The number of piperidine rings is 1. The van der Waals surface area contributed by atoms with Gasteiger partial charge in [-0.1, -0.05) is 6.07 Å². The normalized spacial score (nSPS) is 25.6. The van der Waals surface area contributed by atoms with Crippen LogP contribution < -0.4 is 9.47 Å². The maximum absolute atomic E-state index is 12.1. The van der Waals surface area contributed by atoms with Gasteiger partial charge in [0.2, 0.25) is 6.79 Å². The molecule has 0 saturated carbocycles. The summed E-state index contributed by atoms with van der Waals surface area (Å²) in [5, 5.41) is 10.4. The Hall–Kier alpha value is -1.35. The lowest BCUT2D eigenvalue weighted by Gasteiger charge is -2.36. The molecule has 0 bridgehead atoms. The number of hydrogen-bond acceptors (Lipinski definition) is 5. The average Bonchev–Trinajstić information content (AvgIpc) is 2.94. The van der Waals surface area contributed by atoms with E-state index in [1.165, 1.54) is 22.7 Å². The van der Waals surface area contributed by atoms with Gasteiger partial charge in [-0.05, 0) is 24.1 Å². The highest BCUT2D eigenvalue weighted by atomic mass is 32.2. The number of β-amino-alcohol motifs (C(OH)–C–C–N with tert-alkyl or cyclic N) is 1. The molecule has 0 aromatic heterocycles. The van der Waals surface area contributed by atoms with E-state index in [1.807, 2.05) is 18.2 Å². The van der Waals surface area contributed by atoms with Crippen LogP contribution in [0.1, 0.15) is 17.9 Å². The Morgan fingerprint density at radius 3 is 2.68 bits per heavy atom. The van der Waals surface area contributed by atoms with Crippen molar-refractivity contribution in [1.29, 1.82) is 0 Å². The van der Waals surface area contributed by atoms with E-state index in [2.05, 4.69) is 0 Å². The molecule has 122 valence electrons.